The van der Waals surface area contributed by atoms with Crippen LogP contribution in [0.2, 0.25) is 0 Å². The zero-order valence-corrected chi connectivity index (χ0v) is 20.6. The van der Waals surface area contributed by atoms with E-state index in [4.69, 9.17) is 9.47 Å². The molecule has 10 heteroatoms. The summed E-state index contributed by atoms with van der Waals surface area (Å²) >= 11 is 1.65. The maximum atomic E-state index is 13.1. The molecular weight excluding hydrogens is 460 g/mol. The average molecular weight is 491 g/mol. The fraction of sp³-hybridized carbons (Fsp3) is 0.417. The summed E-state index contributed by atoms with van der Waals surface area (Å²) in [6.45, 7) is 8.79. The summed E-state index contributed by atoms with van der Waals surface area (Å²) in [6.07, 6.45) is 0. The number of aryl methyl sites for hydroxylation is 1. The minimum absolute atomic E-state index is 0.00690. The molecule has 0 aliphatic heterocycles. The van der Waals surface area contributed by atoms with Crippen LogP contribution in [0.1, 0.15) is 40.1 Å². The lowest BCUT2D eigenvalue weighted by molar-refractivity contribution is -0.384. The summed E-state index contributed by atoms with van der Waals surface area (Å²) in [6, 6.07) is 6.95. The molecule has 0 saturated heterocycles. The molecule has 34 heavy (non-hydrogen) atoms. The number of phenols is 1. The third kappa shape index (κ3) is 6.48. The van der Waals surface area contributed by atoms with Crippen LogP contribution < -0.4 is 0 Å². The van der Waals surface area contributed by atoms with Gasteiger partial charge in [-0.05, 0) is 37.7 Å². The number of esters is 2. The first-order valence-corrected chi connectivity index (χ1v) is 12.1. The molecule has 9 nitrogen and oxygen atoms in total. The lowest BCUT2D eigenvalue weighted by Gasteiger charge is -2.18. The van der Waals surface area contributed by atoms with Gasteiger partial charge in [0.05, 0.1) is 23.2 Å². The first-order chi connectivity index (χ1) is 16.3. The van der Waals surface area contributed by atoms with Gasteiger partial charge in [0.2, 0.25) is 0 Å². The summed E-state index contributed by atoms with van der Waals surface area (Å²) in [5, 5.41) is 22.2. The van der Waals surface area contributed by atoms with Crippen molar-refractivity contribution in [3.05, 3.63) is 57.1 Å². The Morgan fingerprint density at radius 3 is 2.41 bits per heavy atom. The highest BCUT2D eigenvalue weighted by atomic mass is 32.2. The number of nitrogens with zero attached hydrogens (tertiary/aromatic N) is 2. The molecule has 0 aromatic heterocycles. The van der Waals surface area contributed by atoms with E-state index in [-0.39, 0.29) is 34.5 Å². The Balaban J connectivity index is 2.38. The molecule has 0 spiro atoms. The third-order valence-corrected chi connectivity index (χ3v) is 6.30. The second-order valence-corrected chi connectivity index (χ2v) is 8.60. The third-order valence-electron chi connectivity index (χ3n) is 5.37. The molecule has 2 aromatic carbocycles. The van der Waals surface area contributed by atoms with Crippen molar-refractivity contribution in [3.8, 4) is 16.9 Å². The number of thioether (sulfide) groups is 1. The van der Waals surface area contributed by atoms with Crippen LogP contribution in [0.25, 0.3) is 11.1 Å². The number of nitro benzene ring substituents is 1. The topological polar surface area (TPSA) is 119 Å². The van der Waals surface area contributed by atoms with E-state index in [0.717, 1.165) is 32.5 Å². The first kappa shape index (κ1) is 27.1. The van der Waals surface area contributed by atoms with E-state index in [9.17, 15) is 24.8 Å². The van der Waals surface area contributed by atoms with E-state index in [1.54, 1.807) is 24.8 Å². The Hall–Kier alpha value is -3.11. The van der Waals surface area contributed by atoms with E-state index < -0.39 is 22.6 Å². The SMILES string of the molecule is CCN(CC)CCSCCOC(=O)c1c(C)cc(O)c(C(=O)OC)c1-c1ccccc1[N+](=O)[O-]. The van der Waals surface area contributed by atoms with Crippen LogP contribution in [0.3, 0.4) is 0 Å². The maximum absolute atomic E-state index is 13.1. The van der Waals surface area contributed by atoms with Crippen LogP contribution in [0.4, 0.5) is 5.69 Å². The normalized spacial score (nSPS) is 10.9. The summed E-state index contributed by atoms with van der Waals surface area (Å²) in [5.41, 5.74) is -0.442. The van der Waals surface area contributed by atoms with Crippen molar-refractivity contribution in [2.24, 2.45) is 0 Å². The Morgan fingerprint density at radius 2 is 1.79 bits per heavy atom. The number of phenolic OH excluding ortho intramolecular Hbond substituents is 1. The molecule has 1 N–H and O–H groups in total. The van der Waals surface area contributed by atoms with Gasteiger partial charge in [0.25, 0.3) is 5.69 Å². The lowest BCUT2D eigenvalue weighted by atomic mass is 9.89. The molecule has 0 amide bonds. The molecule has 2 rings (SSSR count). The quantitative estimate of drug-likeness (QED) is 0.201. The zero-order valence-electron chi connectivity index (χ0n) is 19.8. The fourth-order valence-electron chi connectivity index (χ4n) is 3.59. The van der Waals surface area contributed by atoms with E-state index in [1.165, 1.54) is 24.3 Å². The average Bonchev–Trinajstić information content (AvgIpc) is 2.82. The van der Waals surface area contributed by atoms with Gasteiger partial charge in [-0.15, -0.1) is 0 Å². The summed E-state index contributed by atoms with van der Waals surface area (Å²) in [4.78, 5) is 39.0. The fourth-order valence-corrected chi connectivity index (χ4v) is 4.38. The van der Waals surface area contributed by atoms with Crippen molar-refractivity contribution in [1.29, 1.82) is 0 Å². The van der Waals surface area contributed by atoms with Gasteiger partial charge in [-0.1, -0.05) is 26.0 Å². The number of benzene rings is 2. The van der Waals surface area contributed by atoms with Crippen LogP contribution >= 0.6 is 11.8 Å². The summed E-state index contributed by atoms with van der Waals surface area (Å²) in [7, 11) is 1.12. The standard InChI is InChI=1S/C24H30N2O7S/c1-5-25(6-2)11-13-34-14-12-33-24(29)20-16(3)15-19(27)22(23(28)32-4)21(20)17-9-7-8-10-18(17)26(30)31/h7-10,15,27H,5-6,11-14H2,1-4H3. The molecule has 0 atom stereocenters. The molecule has 0 bridgehead atoms. The van der Waals surface area contributed by atoms with Crippen molar-refractivity contribution in [2.75, 3.05) is 44.9 Å². The Morgan fingerprint density at radius 1 is 1.12 bits per heavy atom. The van der Waals surface area contributed by atoms with E-state index >= 15 is 0 Å². The van der Waals surface area contributed by atoms with Crippen LogP contribution in [-0.2, 0) is 9.47 Å². The predicted octanol–water partition coefficient (Wildman–Crippen LogP) is 4.29. The van der Waals surface area contributed by atoms with Gasteiger partial charge < -0.3 is 19.5 Å². The highest BCUT2D eigenvalue weighted by Crippen LogP contribution is 2.40. The van der Waals surface area contributed by atoms with Gasteiger partial charge in [0.15, 0.2) is 0 Å². The van der Waals surface area contributed by atoms with Gasteiger partial charge in [-0.2, -0.15) is 11.8 Å². The Bertz CT molecular complexity index is 1040. The number of carbonyl (C=O) groups is 2. The molecule has 0 unspecified atom stereocenters. The van der Waals surface area contributed by atoms with E-state index in [0.29, 0.717) is 11.3 Å². The molecule has 0 aliphatic rings. The molecule has 0 saturated carbocycles. The second kappa shape index (κ2) is 13.0. The lowest BCUT2D eigenvalue weighted by Crippen LogP contribution is -2.25. The predicted molar refractivity (Wildman–Crippen MR) is 132 cm³/mol. The minimum Gasteiger partial charge on any atom is -0.507 e. The molecule has 184 valence electrons. The number of para-hydroxylation sites is 1. The Kier molecular flexibility index (Phi) is 10.3. The van der Waals surface area contributed by atoms with Gasteiger partial charge in [0, 0.05) is 29.7 Å². The van der Waals surface area contributed by atoms with Crippen molar-refractivity contribution in [1.82, 2.24) is 4.90 Å². The molecular formula is C24H30N2O7S. The monoisotopic (exact) mass is 490 g/mol. The second-order valence-electron chi connectivity index (χ2n) is 7.38. The Labute approximate surface area is 203 Å². The highest BCUT2D eigenvalue weighted by Gasteiger charge is 2.31. The van der Waals surface area contributed by atoms with Crippen molar-refractivity contribution in [3.63, 3.8) is 0 Å². The van der Waals surface area contributed by atoms with E-state index in [2.05, 4.69) is 18.7 Å². The molecule has 0 fully saturated rings. The number of ether oxygens (including phenoxy) is 2. The maximum Gasteiger partial charge on any atom is 0.342 e. The number of hydrogen-bond donors (Lipinski definition) is 1. The number of hydrogen-bond acceptors (Lipinski definition) is 9. The van der Waals surface area contributed by atoms with Crippen LogP contribution in [0.15, 0.2) is 30.3 Å². The smallest absolute Gasteiger partial charge is 0.342 e. The number of carbonyl (C=O) groups excluding carboxylic acids is 2. The molecule has 2 aromatic rings. The highest BCUT2D eigenvalue weighted by molar-refractivity contribution is 7.99. The van der Waals surface area contributed by atoms with Crippen LogP contribution in [-0.4, -0.2) is 71.7 Å². The van der Waals surface area contributed by atoms with Crippen molar-refractivity contribution in [2.45, 2.75) is 20.8 Å². The minimum atomic E-state index is -0.924. The number of nitro groups is 1. The van der Waals surface area contributed by atoms with Crippen LogP contribution in [0, 0.1) is 17.0 Å². The van der Waals surface area contributed by atoms with Gasteiger partial charge in [0.1, 0.15) is 17.9 Å². The summed E-state index contributed by atoms with van der Waals surface area (Å²) < 4.78 is 10.3. The van der Waals surface area contributed by atoms with E-state index in [1.807, 2.05) is 0 Å². The molecule has 0 aliphatic carbocycles. The van der Waals surface area contributed by atoms with Gasteiger partial charge >= 0.3 is 11.9 Å². The molecule has 0 radical (unpaired) electrons. The number of rotatable bonds is 12. The van der Waals surface area contributed by atoms with Crippen LogP contribution in [0.5, 0.6) is 5.75 Å². The zero-order chi connectivity index (χ0) is 25.3. The van der Waals surface area contributed by atoms with Crippen molar-refractivity contribution < 1.29 is 29.1 Å². The number of aromatic hydroxyl groups is 1. The van der Waals surface area contributed by atoms with Gasteiger partial charge in [-0.3, -0.25) is 10.1 Å². The van der Waals surface area contributed by atoms with Gasteiger partial charge in [-0.25, -0.2) is 9.59 Å². The van der Waals surface area contributed by atoms with Crippen molar-refractivity contribution >= 4 is 29.4 Å². The summed E-state index contributed by atoms with van der Waals surface area (Å²) in [5.74, 6) is -0.631. The first-order valence-electron chi connectivity index (χ1n) is 10.9. The number of methoxy groups -OCH3 is 1. The molecule has 0 heterocycles. The largest absolute Gasteiger partial charge is 0.507 e.